The van der Waals surface area contributed by atoms with Crippen molar-refractivity contribution in [2.24, 2.45) is 5.41 Å². The van der Waals surface area contributed by atoms with Gasteiger partial charge in [0, 0.05) is 17.3 Å². The summed E-state index contributed by atoms with van der Waals surface area (Å²) in [5.41, 5.74) is 2.09. The third-order valence-electron chi connectivity index (χ3n) is 4.65. The van der Waals surface area contributed by atoms with Crippen LogP contribution in [0.3, 0.4) is 0 Å². The third kappa shape index (κ3) is 2.89. The van der Waals surface area contributed by atoms with E-state index >= 15 is 0 Å². The first-order valence-electron chi connectivity index (χ1n) is 7.53. The van der Waals surface area contributed by atoms with Crippen molar-refractivity contribution in [3.63, 3.8) is 0 Å². The van der Waals surface area contributed by atoms with E-state index in [1.54, 1.807) is 0 Å². The Hall–Kier alpha value is -0.540. The minimum absolute atomic E-state index is 0.239. The van der Waals surface area contributed by atoms with Crippen LogP contribution in [-0.2, 0) is 12.8 Å². The van der Waals surface area contributed by atoms with Gasteiger partial charge >= 0.3 is 0 Å². The van der Waals surface area contributed by atoms with Crippen LogP contribution in [0.5, 0.6) is 5.75 Å². The van der Waals surface area contributed by atoms with E-state index in [0.29, 0.717) is 6.42 Å². The van der Waals surface area contributed by atoms with E-state index in [2.05, 4.69) is 41.9 Å². The molecule has 3 rings (SSSR count). The minimum atomic E-state index is -0.581. The minimum Gasteiger partial charge on any atom is -0.493 e. The molecule has 1 aliphatic heterocycles. The zero-order valence-electron chi connectivity index (χ0n) is 12.3. The van der Waals surface area contributed by atoms with E-state index in [9.17, 15) is 5.11 Å². The summed E-state index contributed by atoms with van der Waals surface area (Å²) >= 11 is 3.58. The largest absolute Gasteiger partial charge is 0.493 e. The smallest absolute Gasteiger partial charge is 0.125 e. The van der Waals surface area contributed by atoms with Crippen molar-refractivity contribution >= 4 is 15.9 Å². The molecule has 3 heteroatoms. The Morgan fingerprint density at radius 3 is 2.85 bits per heavy atom. The van der Waals surface area contributed by atoms with Crippen LogP contribution in [0.15, 0.2) is 16.6 Å². The number of ether oxygens (including phenoxy) is 1. The highest BCUT2D eigenvalue weighted by molar-refractivity contribution is 9.10. The fourth-order valence-electron chi connectivity index (χ4n) is 3.95. The van der Waals surface area contributed by atoms with Crippen LogP contribution in [0.1, 0.15) is 50.7 Å². The number of benzene rings is 1. The highest BCUT2D eigenvalue weighted by atomic mass is 79.9. The first-order valence-corrected chi connectivity index (χ1v) is 8.33. The van der Waals surface area contributed by atoms with Crippen molar-refractivity contribution in [3.8, 4) is 5.75 Å². The van der Waals surface area contributed by atoms with Gasteiger partial charge in [0.05, 0.1) is 12.2 Å². The molecule has 0 radical (unpaired) electrons. The summed E-state index contributed by atoms with van der Waals surface area (Å²) in [6.45, 7) is 5.29. The van der Waals surface area contributed by atoms with Crippen LogP contribution in [0, 0.1) is 5.41 Å². The molecular formula is C17H23BrO2. The molecule has 2 aliphatic rings. The van der Waals surface area contributed by atoms with Crippen LogP contribution >= 0.6 is 15.9 Å². The molecule has 1 fully saturated rings. The molecular weight excluding hydrogens is 316 g/mol. The predicted octanol–water partition coefficient (Wildman–Crippen LogP) is 4.26. The lowest BCUT2D eigenvalue weighted by Crippen LogP contribution is -2.40. The molecule has 1 heterocycles. The highest BCUT2D eigenvalue weighted by Gasteiger charge is 2.39. The molecule has 2 nitrogen and oxygen atoms in total. The molecule has 0 saturated heterocycles. The predicted molar refractivity (Wildman–Crippen MR) is 84.2 cm³/mol. The van der Waals surface area contributed by atoms with Crippen LogP contribution in [0.2, 0.25) is 0 Å². The number of rotatable bonds is 2. The molecule has 0 aromatic heterocycles. The van der Waals surface area contributed by atoms with Gasteiger partial charge in [-0.2, -0.15) is 0 Å². The Labute approximate surface area is 129 Å². The van der Waals surface area contributed by atoms with Gasteiger partial charge in [0.25, 0.3) is 0 Å². The van der Waals surface area contributed by atoms with E-state index < -0.39 is 5.60 Å². The molecule has 1 aliphatic carbocycles. The molecule has 1 aromatic rings. The second-order valence-electron chi connectivity index (χ2n) is 7.25. The van der Waals surface area contributed by atoms with Crippen LogP contribution in [-0.4, -0.2) is 17.3 Å². The second-order valence-corrected chi connectivity index (χ2v) is 8.16. The molecule has 0 bridgehead atoms. The molecule has 0 spiro atoms. The SMILES string of the molecule is CC1(C)CCCC(O)(Cc2cc(Br)cc3c2OCC3)C1. The number of hydrogen-bond donors (Lipinski definition) is 1. The summed E-state index contributed by atoms with van der Waals surface area (Å²) in [6.07, 6.45) is 5.78. The van der Waals surface area contributed by atoms with E-state index in [-0.39, 0.29) is 5.41 Å². The summed E-state index contributed by atoms with van der Waals surface area (Å²) in [4.78, 5) is 0. The van der Waals surface area contributed by atoms with Gasteiger partial charge in [-0.05, 0) is 47.9 Å². The first-order chi connectivity index (χ1) is 9.37. The number of hydrogen-bond acceptors (Lipinski definition) is 2. The number of aliphatic hydroxyl groups is 1. The standard InChI is InChI=1S/C17H23BrO2/c1-16(2)5-3-6-17(19,11-16)10-13-9-14(18)8-12-4-7-20-15(12)13/h8-9,19H,3-7,10-11H2,1-2H3. The normalized spacial score (nSPS) is 28.0. The monoisotopic (exact) mass is 338 g/mol. The van der Waals surface area contributed by atoms with Gasteiger partial charge in [0.1, 0.15) is 5.75 Å². The van der Waals surface area contributed by atoms with Crippen molar-refractivity contribution in [3.05, 3.63) is 27.7 Å². The summed E-state index contributed by atoms with van der Waals surface area (Å²) < 4.78 is 6.88. The molecule has 20 heavy (non-hydrogen) atoms. The Morgan fingerprint density at radius 2 is 2.10 bits per heavy atom. The quantitative estimate of drug-likeness (QED) is 0.872. The summed E-state index contributed by atoms with van der Waals surface area (Å²) in [7, 11) is 0. The molecule has 1 atom stereocenters. The van der Waals surface area contributed by atoms with Crippen molar-refractivity contribution in [2.75, 3.05) is 6.61 Å². The number of fused-ring (bicyclic) bond motifs is 1. The average molecular weight is 339 g/mol. The van der Waals surface area contributed by atoms with Gasteiger partial charge in [-0.15, -0.1) is 0 Å². The lowest BCUT2D eigenvalue weighted by atomic mass is 9.68. The zero-order valence-corrected chi connectivity index (χ0v) is 13.9. The lowest BCUT2D eigenvalue weighted by Gasteiger charge is -2.41. The maximum atomic E-state index is 11.0. The van der Waals surface area contributed by atoms with E-state index in [4.69, 9.17) is 4.74 Å². The van der Waals surface area contributed by atoms with Crippen molar-refractivity contribution in [1.82, 2.24) is 0 Å². The van der Waals surface area contributed by atoms with Gasteiger partial charge < -0.3 is 9.84 Å². The maximum absolute atomic E-state index is 11.0. The average Bonchev–Trinajstić information content (AvgIpc) is 2.74. The van der Waals surface area contributed by atoms with Crippen molar-refractivity contribution in [1.29, 1.82) is 0 Å². The summed E-state index contributed by atoms with van der Waals surface area (Å²) in [6, 6.07) is 4.25. The fraction of sp³-hybridized carbons (Fsp3) is 0.647. The molecule has 0 amide bonds. The van der Waals surface area contributed by atoms with E-state index in [1.807, 2.05) is 0 Å². The Balaban J connectivity index is 1.88. The third-order valence-corrected chi connectivity index (χ3v) is 5.11. The van der Waals surface area contributed by atoms with Gasteiger partial charge in [-0.25, -0.2) is 0 Å². The Morgan fingerprint density at radius 1 is 1.30 bits per heavy atom. The van der Waals surface area contributed by atoms with Gasteiger partial charge in [-0.1, -0.05) is 36.2 Å². The van der Waals surface area contributed by atoms with E-state index in [0.717, 1.165) is 48.1 Å². The molecule has 1 aromatic carbocycles. The first kappa shape index (κ1) is 14.4. The molecule has 1 N–H and O–H groups in total. The van der Waals surface area contributed by atoms with Gasteiger partial charge in [0.2, 0.25) is 0 Å². The zero-order chi connectivity index (χ0) is 14.4. The van der Waals surface area contributed by atoms with Crippen LogP contribution in [0.25, 0.3) is 0 Å². The fourth-order valence-corrected chi connectivity index (χ4v) is 4.50. The van der Waals surface area contributed by atoms with Crippen molar-refractivity contribution in [2.45, 2.75) is 58.0 Å². The maximum Gasteiger partial charge on any atom is 0.125 e. The second kappa shape index (κ2) is 5.03. The topological polar surface area (TPSA) is 29.5 Å². The van der Waals surface area contributed by atoms with E-state index in [1.165, 1.54) is 12.0 Å². The van der Waals surface area contributed by atoms with Gasteiger partial charge in [0.15, 0.2) is 0 Å². The Kier molecular flexibility index (Phi) is 3.62. The molecule has 1 unspecified atom stereocenters. The summed E-state index contributed by atoms with van der Waals surface area (Å²) in [5.74, 6) is 1.02. The summed E-state index contributed by atoms with van der Waals surface area (Å²) in [5, 5.41) is 11.0. The Bertz CT molecular complexity index is 524. The lowest BCUT2D eigenvalue weighted by molar-refractivity contribution is -0.0385. The highest BCUT2D eigenvalue weighted by Crippen LogP contribution is 2.44. The number of halogens is 1. The molecule has 1 saturated carbocycles. The van der Waals surface area contributed by atoms with Crippen molar-refractivity contribution < 1.29 is 9.84 Å². The van der Waals surface area contributed by atoms with Crippen LogP contribution in [0.4, 0.5) is 0 Å². The van der Waals surface area contributed by atoms with Gasteiger partial charge in [-0.3, -0.25) is 0 Å². The van der Waals surface area contributed by atoms with Crippen LogP contribution < -0.4 is 4.74 Å². The molecule has 110 valence electrons.